The second-order valence-corrected chi connectivity index (χ2v) is 5.99. The Morgan fingerprint density at radius 1 is 1.20 bits per heavy atom. The highest BCUT2D eigenvalue weighted by molar-refractivity contribution is 6.04. The Kier molecular flexibility index (Phi) is 6.64. The predicted octanol–water partition coefficient (Wildman–Crippen LogP) is 4.98. The maximum absolute atomic E-state index is 12.3. The summed E-state index contributed by atoms with van der Waals surface area (Å²) >= 11 is 0. The number of rotatable bonds is 8. The van der Waals surface area contributed by atoms with Crippen LogP contribution in [0.25, 0.3) is 0 Å². The molecule has 0 saturated heterocycles. The molecule has 5 nitrogen and oxygen atoms in total. The lowest BCUT2D eigenvalue weighted by Crippen LogP contribution is -2.12. The van der Waals surface area contributed by atoms with E-state index in [1.165, 1.54) is 19.3 Å². The van der Waals surface area contributed by atoms with Crippen LogP contribution >= 0.6 is 0 Å². The number of benzene rings is 1. The van der Waals surface area contributed by atoms with Crippen LogP contribution in [0.2, 0.25) is 0 Å². The number of amides is 1. The zero-order chi connectivity index (χ0) is 18.2. The molecule has 1 heterocycles. The standard InChI is InChI=1S/C20H24N2O3/c1-4-5-6-7-12-24-17-10-8-16(9-11-17)19(23)22-20-18(13-21)14(2)15(3)25-20/h8-11H,4-7,12H2,1-3H3,(H,22,23). The first-order chi connectivity index (χ1) is 12.1. The van der Waals surface area contributed by atoms with Gasteiger partial charge in [-0.1, -0.05) is 26.2 Å². The summed E-state index contributed by atoms with van der Waals surface area (Å²) in [6.07, 6.45) is 4.62. The van der Waals surface area contributed by atoms with Crippen LogP contribution in [0.15, 0.2) is 28.7 Å². The number of unbranched alkanes of at least 4 members (excludes halogenated alkanes) is 3. The molecule has 2 aromatic rings. The maximum atomic E-state index is 12.3. The van der Waals surface area contributed by atoms with Gasteiger partial charge in [-0.05, 0) is 44.5 Å². The first-order valence-corrected chi connectivity index (χ1v) is 8.61. The van der Waals surface area contributed by atoms with E-state index in [1.54, 1.807) is 38.1 Å². The van der Waals surface area contributed by atoms with Crippen molar-refractivity contribution in [1.82, 2.24) is 0 Å². The van der Waals surface area contributed by atoms with Gasteiger partial charge in [0, 0.05) is 11.1 Å². The molecule has 0 fully saturated rings. The number of nitriles is 1. The molecule has 1 aromatic carbocycles. The number of ether oxygens (including phenoxy) is 1. The fourth-order valence-corrected chi connectivity index (χ4v) is 2.45. The van der Waals surface area contributed by atoms with Gasteiger partial charge >= 0.3 is 0 Å². The summed E-state index contributed by atoms with van der Waals surface area (Å²) in [4.78, 5) is 12.3. The molecule has 0 unspecified atom stereocenters. The second kappa shape index (κ2) is 8.93. The maximum Gasteiger partial charge on any atom is 0.258 e. The Labute approximate surface area is 148 Å². The van der Waals surface area contributed by atoms with E-state index in [2.05, 4.69) is 18.3 Å². The van der Waals surface area contributed by atoms with Gasteiger partial charge in [-0.2, -0.15) is 5.26 Å². The Balaban J connectivity index is 1.95. The van der Waals surface area contributed by atoms with Crippen molar-refractivity contribution < 1.29 is 13.9 Å². The third kappa shape index (κ3) is 4.87. The molecule has 25 heavy (non-hydrogen) atoms. The van der Waals surface area contributed by atoms with E-state index >= 15 is 0 Å². The molecule has 0 aliphatic carbocycles. The number of nitrogens with zero attached hydrogens (tertiary/aromatic N) is 1. The van der Waals surface area contributed by atoms with E-state index < -0.39 is 0 Å². The van der Waals surface area contributed by atoms with Crippen molar-refractivity contribution in [1.29, 1.82) is 5.26 Å². The summed E-state index contributed by atoms with van der Waals surface area (Å²) in [7, 11) is 0. The zero-order valence-corrected chi connectivity index (χ0v) is 15.0. The molecule has 0 spiro atoms. The molecule has 132 valence electrons. The molecule has 0 radical (unpaired) electrons. The van der Waals surface area contributed by atoms with Gasteiger partial charge in [0.1, 0.15) is 23.1 Å². The Hall–Kier alpha value is -2.74. The van der Waals surface area contributed by atoms with Crippen molar-refractivity contribution in [2.45, 2.75) is 46.5 Å². The Morgan fingerprint density at radius 3 is 2.56 bits per heavy atom. The molecule has 0 aliphatic rings. The lowest BCUT2D eigenvalue weighted by molar-refractivity contribution is 0.102. The third-order valence-electron chi connectivity index (χ3n) is 4.11. The molecule has 0 saturated carbocycles. The number of nitrogens with one attached hydrogen (secondary N) is 1. The van der Waals surface area contributed by atoms with Gasteiger partial charge in [-0.25, -0.2) is 0 Å². The molecule has 0 bridgehead atoms. The first-order valence-electron chi connectivity index (χ1n) is 8.61. The highest BCUT2D eigenvalue weighted by Crippen LogP contribution is 2.26. The molecule has 0 aliphatic heterocycles. The number of anilines is 1. The van der Waals surface area contributed by atoms with E-state index in [1.807, 2.05) is 0 Å². The van der Waals surface area contributed by atoms with Crippen LogP contribution in [0, 0.1) is 25.2 Å². The summed E-state index contributed by atoms with van der Waals surface area (Å²) in [5, 5.41) is 11.8. The highest BCUT2D eigenvalue weighted by Gasteiger charge is 2.17. The van der Waals surface area contributed by atoms with Gasteiger partial charge in [0.25, 0.3) is 5.91 Å². The normalized spacial score (nSPS) is 10.3. The number of carbonyl (C=O) groups is 1. The van der Waals surface area contributed by atoms with Gasteiger partial charge in [-0.3, -0.25) is 10.1 Å². The average Bonchev–Trinajstić information content (AvgIpc) is 2.88. The van der Waals surface area contributed by atoms with Crippen LogP contribution in [0.4, 0.5) is 5.88 Å². The number of carbonyl (C=O) groups excluding carboxylic acids is 1. The van der Waals surface area contributed by atoms with Gasteiger partial charge in [-0.15, -0.1) is 0 Å². The van der Waals surface area contributed by atoms with Gasteiger partial charge in [0.15, 0.2) is 0 Å². The van der Waals surface area contributed by atoms with Crippen LogP contribution in [0.5, 0.6) is 5.75 Å². The van der Waals surface area contributed by atoms with E-state index in [4.69, 9.17) is 9.15 Å². The quantitative estimate of drug-likeness (QED) is 0.688. The second-order valence-electron chi connectivity index (χ2n) is 5.99. The number of furan rings is 1. The molecule has 1 amide bonds. The van der Waals surface area contributed by atoms with E-state index in [-0.39, 0.29) is 11.8 Å². The minimum absolute atomic E-state index is 0.193. The van der Waals surface area contributed by atoms with Crippen LogP contribution in [-0.4, -0.2) is 12.5 Å². The van der Waals surface area contributed by atoms with E-state index in [0.29, 0.717) is 23.5 Å². The summed E-state index contributed by atoms with van der Waals surface area (Å²) < 4.78 is 11.1. The SMILES string of the molecule is CCCCCCOc1ccc(C(=O)Nc2oc(C)c(C)c2C#N)cc1. The monoisotopic (exact) mass is 340 g/mol. The summed E-state index contributed by atoms with van der Waals surface area (Å²) in [6, 6.07) is 9.01. The van der Waals surface area contributed by atoms with Gasteiger partial charge in [0.05, 0.1) is 6.61 Å². The van der Waals surface area contributed by atoms with Crippen LogP contribution in [-0.2, 0) is 0 Å². The fraction of sp³-hybridized carbons (Fsp3) is 0.400. The van der Waals surface area contributed by atoms with Crippen molar-refractivity contribution in [3.63, 3.8) is 0 Å². The van der Waals surface area contributed by atoms with E-state index in [0.717, 1.165) is 17.7 Å². The molecular formula is C20H24N2O3. The fourth-order valence-electron chi connectivity index (χ4n) is 2.45. The van der Waals surface area contributed by atoms with Crippen LogP contribution in [0.3, 0.4) is 0 Å². The van der Waals surface area contributed by atoms with Crippen LogP contribution < -0.4 is 10.1 Å². The summed E-state index contributed by atoms with van der Waals surface area (Å²) in [6.45, 7) is 6.41. The zero-order valence-electron chi connectivity index (χ0n) is 15.0. The van der Waals surface area contributed by atoms with Crippen molar-refractivity contribution in [3.05, 3.63) is 46.7 Å². The highest BCUT2D eigenvalue weighted by atomic mass is 16.5. The van der Waals surface area contributed by atoms with Gasteiger partial charge < -0.3 is 9.15 Å². The molecule has 5 heteroatoms. The minimum atomic E-state index is -0.320. The largest absolute Gasteiger partial charge is 0.494 e. The van der Waals surface area contributed by atoms with Crippen molar-refractivity contribution >= 4 is 11.8 Å². The molecule has 0 atom stereocenters. The van der Waals surface area contributed by atoms with E-state index in [9.17, 15) is 10.1 Å². The number of hydrogen-bond donors (Lipinski definition) is 1. The molecule has 1 aromatic heterocycles. The lowest BCUT2D eigenvalue weighted by Gasteiger charge is -2.07. The molecule has 1 N–H and O–H groups in total. The molecular weight excluding hydrogens is 316 g/mol. The van der Waals surface area contributed by atoms with Crippen molar-refractivity contribution in [2.75, 3.05) is 11.9 Å². The number of hydrogen-bond acceptors (Lipinski definition) is 4. The smallest absolute Gasteiger partial charge is 0.258 e. The summed E-state index contributed by atoms with van der Waals surface area (Å²) in [5.41, 5.74) is 1.58. The molecule has 2 rings (SSSR count). The minimum Gasteiger partial charge on any atom is -0.494 e. The Bertz CT molecular complexity index is 754. The predicted molar refractivity (Wildman–Crippen MR) is 96.9 cm³/mol. The topological polar surface area (TPSA) is 75.3 Å². The third-order valence-corrected chi connectivity index (χ3v) is 4.11. The average molecular weight is 340 g/mol. The van der Waals surface area contributed by atoms with Crippen molar-refractivity contribution in [2.24, 2.45) is 0 Å². The van der Waals surface area contributed by atoms with Crippen molar-refractivity contribution in [3.8, 4) is 11.8 Å². The lowest BCUT2D eigenvalue weighted by atomic mass is 10.1. The van der Waals surface area contributed by atoms with Crippen LogP contribution in [0.1, 0.15) is 59.9 Å². The van der Waals surface area contributed by atoms with Gasteiger partial charge in [0.2, 0.25) is 5.88 Å². The first kappa shape index (κ1) is 18.6. The number of aryl methyl sites for hydroxylation is 1. The summed E-state index contributed by atoms with van der Waals surface area (Å²) in [5.74, 6) is 1.24. The Morgan fingerprint density at radius 2 is 1.92 bits per heavy atom.